The van der Waals surface area contributed by atoms with Gasteiger partial charge in [-0.2, -0.15) is 52.7 Å². The Morgan fingerprint density at radius 3 is 1.24 bits per heavy atom. The van der Waals surface area contributed by atoms with Crippen molar-refractivity contribution in [1.29, 1.82) is 26.3 Å². The third-order valence-electron chi connectivity index (χ3n) is 12.1. The molecule has 68 heavy (non-hydrogen) atoms. The molecule has 2 heterocycles. The lowest BCUT2D eigenvalue weighted by molar-refractivity contribution is -0.142. The fourth-order valence-electron chi connectivity index (χ4n) is 9.19. The van der Waals surface area contributed by atoms with Crippen LogP contribution in [-0.2, 0) is 12.4 Å². The molecule has 0 saturated carbocycles. The van der Waals surface area contributed by atoms with Gasteiger partial charge in [-0.1, -0.05) is 78.9 Å². The summed E-state index contributed by atoms with van der Waals surface area (Å²) in [6, 6.07) is 48.9. The third kappa shape index (κ3) is 6.81. The van der Waals surface area contributed by atoms with Crippen LogP contribution in [0.1, 0.15) is 38.9 Å². The Morgan fingerprint density at radius 2 is 0.809 bits per heavy atom. The van der Waals surface area contributed by atoms with Crippen molar-refractivity contribution in [2.75, 3.05) is 0 Å². The first kappa shape index (κ1) is 42.3. The number of hydrogen-bond acceptors (Lipinski definition) is 5. The fraction of sp³-hybridized carbons (Fsp3) is 0.0364. The SMILES string of the molecule is N#Cc1ccc(-c2ccc3c4ccccc4n(-c4cc(C#N)cc(-n5c6ccccc6c6ccc(-c7ccc(C#N)cc7C#N)cc65)c4-c4ccc(C(F)(F)F)cc4C(F)(F)F)c3c2)c(C#N)c1. The van der Waals surface area contributed by atoms with Crippen molar-refractivity contribution in [3.8, 4) is 75.1 Å². The predicted octanol–water partition coefficient (Wildman–Crippen LogP) is 14.3. The monoisotopic (exact) mass is 897 g/mol. The van der Waals surface area contributed by atoms with Gasteiger partial charge in [-0.3, -0.25) is 0 Å². The average Bonchev–Trinajstić information content (AvgIpc) is 3.86. The van der Waals surface area contributed by atoms with Gasteiger partial charge in [0.2, 0.25) is 0 Å². The van der Waals surface area contributed by atoms with Crippen LogP contribution in [-0.4, -0.2) is 9.13 Å². The van der Waals surface area contributed by atoms with E-state index in [2.05, 4.69) is 18.2 Å². The van der Waals surface area contributed by atoms with Gasteiger partial charge in [-0.05, 0) is 101 Å². The Morgan fingerprint density at radius 1 is 0.368 bits per heavy atom. The van der Waals surface area contributed by atoms with E-state index < -0.39 is 29.0 Å². The Balaban J connectivity index is 1.40. The van der Waals surface area contributed by atoms with E-state index in [1.165, 1.54) is 24.3 Å². The summed E-state index contributed by atoms with van der Waals surface area (Å²) in [5.41, 5.74) is 0.828. The van der Waals surface area contributed by atoms with Crippen LogP contribution in [0.15, 0.2) is 152 Å². The molecule has 0 spiro atoms. The third-order valence-corrected chi connectivity index (χ3v) is 12.1. The van der Waals surface area contributed by atoms with Crippen LogP contribution in [0.4, 0.5) is 26.3 Å². The smallest absolute Gasteiger partial charge is 0.308 e. The number of fused-ring (bicyclic) bond motifs is 6. The molecular formula is C55H25F6N7. The van der Waals surface area contributed by atoms with E-state index in [9.17, 15) is 39.5 Å². The standard InChI is InChI=1S/C55H25F6N7/c56-54(57,58)38-13-18-45(46(25-38)55(59,60)61)53-51(67-47-7-3-1-5-41(47)43-16-11-34(23-49(43)67)39-14-9-31(26-62)19-36(39)29-65)21-33(28-64)22-52(53)68-48-8-4-2-6-42(48)44-17-12-35(24-50(44)68)40-15-10-32(27-63)20-37(40)30-66/h1-25H. The van der Waals surface area contributed by atoms with E-state index in [0.717, 1.165) is 6.07 Å². The van der Waals surface area contributed by atoms with Crippen LogP contribution in [0.3, 0.4) is 0 Å². The number of benzene rings is 8. The summed E-state index contributed by atoms with van der Waals surface area (Å²) in [5, 5.41) is 52.8. The zero-order valence-corrected chi connectivity index (χ0v) is 34.8. The molecular weight excluding hydrogens is 873 g/mol. The lowest BCUT2D eigenvalue weighted by Crippen LogP contribution is -2.14. The molecule has 10 aromatic rings. The van der Waals surface area contributed by atoms with Crippen LogP contribution < -0.4 is 0 Å². The van der Waals surface area contributed by atoms with Gasteiger partial charge in [0.25, 0.3) is 0 Å². The largest absolute Gasteiger partial charge is 0.417 e. The first-order chi connectivity index (χ1) is 32.8. The minimum absolute atomic E-state index is 0.00103. The topological polar surface area (TPSA) is 129 Å². The molecule has 0 N–H and O–H groups in total. The minimum Gasteiger partial charge on any atom is -0.308 e. The van der Waals surface area contributed by atoms with Gasteiger partial charge in [0.15, 0.2) is 0 Å². The summed E-state index contributed by atoms with van der Waals surface area (Å²) in [6.45, 7) is 0. The molecule has 0 bridgehead atoms. The Bertz CT molecular complexity index is 3810. The number of para-hydroxylation sites is 2. The fourth-order valence-corrected chi connectivity index (χ4v) is 9.19. The Hall–Kier alpha value is -9.61. The number of alkyl halides is 6. The first-order valence-corrected chi connectivity index (χ1v) is 20.6. The van der Waals surface area contributed by atoms with Crippen LogP contribution in [0.2, 0.25) is 0 Å². The second-order valence-electron chi connectivity index (χ2n) is 15.9. The molecule has 0 aliphatic rings. The van der Waals surface area contributed by atoms with Crippen molar-refractivity contribution in [3.63, 3.8) is 0 Å². The molecule has 13 heteroatoms. The van der Waals surface area contributed by atoms with Gasteiger partial charge >= 0.3 is 12.4 Å². The predicted molar refractivity (Wildman–Crippen MR) is 245 cm³/mol. The van der Waals surface area contributed by atoms with E-state index in [1.807, 2.05) is 24.3 Å². The zero-order chi connectivity index (χ0) is 47.6. The molecule has 0 radical (unpaired) electrons. The normalized spacial score (nSPS) is 11.6. The second-order valence-corrected chi connectivity index (χ2v) is 15.9. The van der Waals surface area contributed by atoms with Crippen molar-refractivity contribution in [3.05, 3.63) is 191 Å². The molecule has 2 aromatic heterocycles. The summed E-state index contributed by atoms with van der Waals surface area (Å²) >= 11 is 0. The summed E-state index contributed by atoms with van der Waals surface area (Å²) in [5.74, 6) is 0. The quantitative estimate of drug-likeness (QED) is 0.159. The van der Waals surface area contributed by atoms with Gasteiger partial charge in [0.1, 0.15) is 0 Å². The minimum atomic E-state index is -5.33. The molecule has 322 valence electrons. The summed E-state index contributed by atoms with van der Waals surface area (Å²) in [6.07, 6.45) is -10.5. The molecule has 0 unspecified atom stereocenters. The van der Waals surface area contributed by atoms with Gasteiger partial charge in [0.05, 0.1) is 103 Å². The molecule has 0 saturated heterocycles. The number of nitriles is 5. The molecule has 0 fully saturated rings. The highest BCUT2D eigenvalue weighted by Gasteiger charge is 2.40. The molecule has 0 amide bonds. The average molecular weight is 898 g/mol. The maximum Gasteiger partial charge on any atom is 0.417 e. The van der Waals surface area contributed by atoms with Crippen molar-refractivity contribution >= 4 is 43.6 Å². The van der Waals surface area contributed by atoms with E-state index in [0.29, 0.717) is 71.9 Å². The van der Waals surface area contributed by atoms with E-state index in [-0.39, 0.29) is 50.8 Å². The highest BCUT2D eigenvalue weighted by molar-refractivity contribution is 6.13. The van der Waals surface area contributed by atoms with Gasteiger partial charge < -0.3 is 9.13 Å². The molecule has 7 nitrogen and oxygen atoms in total. The van der Waals surface area contributed by atoms with Crippen LogP contribution in [0.5, 0.6) is 0 Å². The number of halogens is 6. The van der Waals surface area contributed by atoms with Crippen LogP contribution in [0, 0.1) is 56.7 Å². The van der Waals surface area contributed by atoms with Crippen molar-refractivity contribution in [2.45, 2.75) is 12.4 Å². The zero-order valence-electron chi connectivity index (χ0n) is 34.8. The van der Waals surface area contributed by atoms with E-state index >= 15 is 13.2 Å². The molecule has 8 aromatic carbocycles. The highest BCUT2D eigenvalue weighted by atomic mass is 19.4. The maximum atomic E-state index is 15.6. The summed E-state index contributed by atoms with van der Waals surface area (Å²) in [4.78, 5) is 0. The van der Waals surface area contributed by atoms with Crippen molar-refractivity contribution in [1.82, 2.24) is 9.13 Å². The summed E-state index contributed by atoms with van der Waals surface area (Å²) < 4.78 is 93.3. The lowest BCUT2D eigenvalue weighted by atomic mass is 9.92. The maximum absolute atomic E-state index is 15.6. The number of rotatable bonds is 5. The van der Waals surface area contributed by atoms with E-state index in [4.69, 9.17) is 0 Å². The number of nitrogens with zero attached hydrogens (tertiary/aromatic N) is 7. The van der Waals surface area contributed by atoms with E-state index in [1.54, 1.807) is 106 Å². The van der Waals surface area contributed by atoms with Gasteiger partial charge in [-0.15, -0.1) is 0 Å². The Labute approximate surface area is 382 Å². The molecule has 0 aliphatic heterocycles. The molecule has 10 rings (SSSR count). The Kier molecular flexibility index (Phi) is 9.85. The van der Waals surface area contributed by atoms with Crippen LogP contribution >= 0.6 is 0 Å². The van der Waals surface area contributed by atoms with Gasteiger partial charge in [-0.25, -0.2) is 0 Å². The number of hydrogen-bond donors (Lipinski definition) is 0. The lowest BCUT2D eigenvalue weighted by Gasteiger charge is -2.24. The summed E-state index contributed by atoms with van der Waals surface area (Å²) in [7, 11) is 0. The first-order valence-electron chi connectivity index (χ1n) is 20.6. The van der Waals surface area contributed by atoms with Gasteiger partial charge in [0, 0.05) is 27.1 Å². The number of aromatic nitrogens is 2. The van der Waals surface area contributed by atoms with Crippen molar-refractivity contribution in [2.24, 2.45) is 0 Å². The van der Waals surface area contributed by atoms with Crippen LogP contribution in [0.25, 0.3) is 88.4 Å². The van der Waals surface area contributed by atoms with Crippen molar-refractivity contribution < 1.29 is 26.3 Å². The molecule has 0 aliphatic carbocycles. The second kappa shape index (κ2) is 15.8. The molecule has 0 atom stereocenters. The highest BCUT2D eigenvalue weighted by Crippen LogP contribution is 2.48.